The predicted octanol–water partition coefficient (Wildman–Crippen LogP) is 5.65. The Kier molecular flexibility index (Phi) is 6.84. The van der Waals surface area contributed by atoms with Gasteiger partial charge >= 0.3 is 0 Å². The number of alkyl halides is 3. The largest absolute Gasteiger partial charge is 0.446 e. The van der Waals surface area contributed by atoms with E-state index in [1.807, 2.05) is 30.3 Å². The van der Waals surface area contributed by atoms with Crippen molar-refractivity contribution in [3.05, 3.63) is 71.5 Å². The maximum absolute atomic E-state index is 13.5. The van der Waals surface area contributed by atoms with E-state index in [0.717, 1.165) is 11.1 Å². The van der Waals surface area contributed by atoms with Gasteiger partial charge in [0.1, 0.15) is 5.82 Å². The van der Waals surface area contributed by atoms with Gasteiger partial charge in [0.15, 0.2) is 0 Å². The smallest absolute Gasteiger partial charge is 0.265 e. The molecule has 2 aromatic carbocycles. The average Bonchev–Trinajstić information content (AvgIpc) is 2.68. The Morgan fingerprint density at radius 2 is 1.82 bits per heavy atom. The van der Waals surface area contributed by atoms with Crippen LogP contribution in [0.25, 0.3) is 0 Å². The summed E-state index contributed by atoms with van der Waals surface area (Å²) < 4.78 is 22.9. The number of ether oxygens (including phenoxy) is 2. The Labute approximate surface area is 178 Å². The topological polar surface area (TPSA) is 45.6 Å². The summed E-state index contributed by atoms with van der Waals surface area (Å²) in [4.78, 5) is 2.18. The number of rotatable bonds is 4. The molecule has 0 aliphatic carbocycles. The van der Waals surface area contributed by atoms with Crippen LogP contribution in [0.1, 0.15) is 30.1 Å². The molecule has 1 saturated heterocycles. The van der Waals surface area contributed by atoms with Crippen molar-refractivity contribution in [2.45, 2.75) is 29.1 Å². The third kappa shape index (κ3) is 4.97. The maximum Gasteiger partial charge on any atom is 0.265 e. The summed E-state index contributed by atoms with van der Waals surface area (Å²) in [6.45, 7) is 3.08. The molecule has 2 aromatic rings. The molecule has 0 amide bonds. The minimum Gasteiger partial charge on any atom is -0.446 e. The van der Waals surface area contributed by atoms with E-state index in [4.69, 9.17) is 49.7 Å². The van der Waals surface area contributed by atoms with Gasteiger partial charge in [0.2, 0.25) is 12.2 Å². The Morgan fingerprint density at radius 3 is 2.43 bits per heavy atom. The molecular weight excluding hydrogens is 426 g/mol. The van der Waals surface area contributed by atoms with Crippen LogP contribution in [0.5, 0.6) is 0 Å². The molecule has 3 rings (SSSR count). The van der Waals surface area contributed by atoms with Gasteiger partial charge in [0.05, 0.1) is 12.6 Å². The van der Waals surface area contributed by atoms with E-state index in [1.165, 1.54) is 12.1 Å². The van der Waals surface area contributed by atoms with Crippen LogP contribution in [-0.2, 0) is 9.47 Å². The third-order valence-electron chi connectivity index (χ3n) is 4.73. The van der Waals surface area contributed by atoms with E-state index in [1.54, 1.807) is 12.1 Å². The monoisotopic (exact) mass is 444 g/mol. The van der Waals surface area contributed by atoms with Crippen LogP contribution in [0.2, 0.25) is 0 Å². The first-order valence-electron chi connectivity index (χ1n) is 8.77. The van der Waals surface area contributed by atoms with Crippen molar-refractivity contribution in [3.8, 4) is 0 Å². The third-order valence-corrected chi connectivity index (χ3v) is 5.24. The number of halogens is 4. The zero-order valence-electron chi connectivity index (χ0n) is 15.1. The quantitative estimate of drug-likeness (QED) is 0.376. The highest BCUT2D eigenvalue weighted by atomic mass is 35.6. The van der Waals surface area contributed by atoms with Gasteiger partial charge in [-0.15, -0.1) is 0 Å². The lowest BCUT2D eigenvalue weighted by Gasteiger charge is -2.44. The molecule has 28 heavy (non-hydrogen) atoms. The molecule has 1 aliphatic rings. The van der Waals surface area contributed by atoms with Crippen molar-refractivity contribution in [3.63, 3.8) is 0 Å². The summed E-state index contributed by atoms with van der Waals surface area (Å²) in [6.07, 6.45) is -0.881. The van der Waals surface area contributed by atoms with Crippen LogP contribution in [-0.4, -0.2) is 34.0 Å². The van der Waals surface area contributed by atoms with Crippen LogP contribution in [0.4, 0.5) is 4.39 Å². The molecule has 4 nitrogen and oxygen atoms in total. The number of benzene rings is 2. The second kappa shape index (κ2) is 8.97. The normalized spacial score (nSPS) is 21.9. The lowest BCUT2D eigenvalue weighted by molar-refractivity contribution is -0.182. The van der Waals surface area contributed by atoms with Crippen molar-refractivity contribution in [1.82, 2.24) is 4.90 Å². The zero-order chi connectivity index (χ0) is 20.3. The summed E-state index contributed by atoms with van der Waals surface area (Å²) in [7, 11) is 0. The second-order valence-corrected chi connectivity index (χ2v) is 8.79. The molecule has 0 radical (unpaired) electrons. The van der Waals surface area contributed by atoms with Gasteiger partial charge in [-0.1, -0.05) is 77.3 Å². The minimum atomic E-state index is -2.00. The van der Waals surface area contributed by atoms with Gasteiger partial charge in [0, 0.05) is 12.6 Å². The molecule has 150 valence electrons. The minimum absolute atomic E-state index is 0.0215. The average molecular weight is 446 g/mol. The molecule has 1 fully saturated rings. The van der Waals surface area contributed by atoms with E-state index in [0.29, 0.717) is 13.2 Å². The lowest BCUT2D eigenvalue weighted by Crippen LogP contribution is -2.48. The van der Waals surface area contributed by atoms with Crippen molar-refractivity contribution >= 4 is 40.7 Å². The molecular formula is C20H20Cl3FN2O2. The van der Waals surface area contributed by atoms with E-state index in [2.05, 4.69) is 11.8 Å². The highest BCUT2D eigenvalue weighted by Gasteiger charge is 2.41. The SMILES string of the molecule is CC(c1ccccc1)N1CCOC(OC(=N)C(Cl)(Cl)Cl)C1c1ccc(F)cc1. The van der Waals surface area contributed by atoms with Crippen LogP contribution < -0.4 is 0 Å². The Morgan fingerprint density at radius 1 is 1.18 bits per heavy atom. The maximum atomic E-state index is 13.5. The first kappa shape index (κ1) is 21.3. The molecule has 0 bridgehead atoms. The van der Waals surface area contributed by atoms with E-state index >= 15 is 0 Å². The summed E-state index contributed by atoms with van der Waals surface area (Å²) in [5, 5.41) is 7.92. The van der Waals surface area contributed by atoms with Crippen LogP contribution >= 0.6 is 34.8 Å². The highest BCUT2D eigenvalue weighted by molar-refractivity contribution is 6.76. The number of nitrogens with one attached hydrogen (secondary N) is 1. The van der Waals surface area contributed by atoms with Crippen LogP contribution in [0.3, 0.4) is 0 Å². The summed E-state index contributed by atoms with van der Waals surface area (Å²) in [5.74, 6) is -0.863. The van der Waals surface area contributed by atoms with Gasteiger partial charge in [-0.3, -0.25) is 10.3 Å². The first-order chi connectivity index (χ1) is 13.3. The Balaban J connectivity index is 1.95. The van der Waals surface area contributed by atoms with Crippen LogP contribution in [0.15, 0.2) is 54.6 Å². The van der Waals surface area contributed by atoms with Crippen molar-refractivity contribution in [2.24, 2.45) is 0 Å². The summed E-state index contributed by atoms with van der Waals surface area (Å²) in [6, 6.07) is 15.7. The fourth-order valence-corrected chi connectivity index (χ4v) is 3.44. The van der Waals surface area contributed by atoms with Gasteiger partial charge in [0.25, 0.3) is 3.79 Å². The van der Waals surface area contributed by atoms with Crippen molar-refractivity contribution in [1.29, 1.82) is 5.41 Å². The fraction of sp³-hybridized carbons (Fsp3) is 0.350. The summed E-state index contributed by atoms with van der Waals surface area (Å²) in [5.41, 5.74) is 1.90. The molecule has 0 saturated carbocycles. The molecule has 1 heterocycles. The zero-order valence-corrected chi connectivity index (χ0v) is 17.4. The van der Waals surface area contributed by atoms with E-state index in [9.17, 15) is 4.39 Å². The van der Waals surface area contributed by atoms with Gasteiger partial charge in [-0.2, -0.15) is 0 Å². The second-order valence-electron chi connectivity index (χ2n) is 6.50. The molecule has 8 heteroatoms. The summed E-state index contributed by atoms with van der Waals surface area (Å²) >= 11 is 17.3. The molecule has 1 N–H and O–H groups in total. The standard InChI is InChI=1S/C20H20Cl3FN2O2/c1-13(14-5-3-2-4-6-14)26-11-12-27-18(28-19(25)20(21,22)23)17(26)15-7-9-16(24)10-8-15/h2-10,13,17-18,25H,11-12H2,1H3. The first-order valence-corrected chi connectivity index (χ1v) is 9.91. The molecule has 1 aliphatic heterocycles. The number of hydrogen-bond acceptors (Lipinski definition) is 4. The fourth-order valence-electron chi connectivity index (χ4n) is 3.31. The van der Waals surface area contributed by atoms with Gasteiger partial charge < -0.3 is 9.47 Å². The molecule has 3 atom stereocenters. The van der Waals surface area contributed by atoms with Crippen molar-refractivity contribution in [2.75, 3.05) is 13.2 Å². The molecule has 0 spiro atoms. The number of morpholine rings is 1. The van der Waals surface area contributed by atoms with Gasteiger partial charge in [-0.25, -0.2) is 4.39 Å². The molecule has 3 unspecified atom stereocenters. The van der Waals surface area contributed by atoms with Crippen molar-refractivity contribution < 1.29 is 13.9 Å². The highest BCUT2D eigenvalue weighted by Crippen LogP contribution is 2.38. The van der Waals surface area contributed by atoms with Crippen LogP contribution in [0, 0.1) is 11.2 Å². The Hall–Kier alpha value is -1.37. The number of hydrogen-bond donors (Lipinski definition) is 1. The van der Waals surface area contributed by atoms with E-state index in [-0.39, 0.29) is 11.9 Å². The molecule has 0 aromatic heterocycles. The predicted molar refractivity (Wildman–Crippen MR) is 110 cm³/mol. The lowest BCUT2D eigenvalue weighted by atomic mass is 9.98. The van der Waals surface area contributed by atoms with Gasteiger partial charge in [-0.05, 0) is 30.2 Å². The Bertz CT molecular complexity index is 799. The number of nitrogens with zero attached hydrogens (tertiary/aromatic N) is 1. The van der Waals surface area contributed by atoms with E-state index < -0.39 is 22.0 Å².